The lowest BCUT2D eigenvalue weighted by Crippen LogP contribution is -2.27. The first-order valence-corrected chi connectivity index (χ1v) is 10.3. The number of nitrogens with zero attached hydrogens (tertiary/aromatic N) is 1. The third-order valence-corrected chi connectivity index (χ3v) is 6.09. The lowest BCUT2D eigenvalue weighted by Gasteiger charge is -2.20. The highest BCUT2D eigenvalue weighted by Crippen LogP contribution is 2.25. The summed E-state index contributed by atoms with van der Waals surface area (Å²) in [5.41, 5.74) is -0.205. The maximum atomic E-state index is 12.9. The number of ether oxygens (including phenoxy) is 1. The van der Waals surface area contributed by atoms with Gasteiger partial charge in [-0.25, -0.2) is 13.2 Å². The van der Waals surface area contributed by atoms with Gasteiger partial charge in [-0.05, 0) is 36.4 Å². The second-order valence-corrected chi connectivity index (χ2v) is 9.64. The first-order valence-electron chi connectivity index (χ1n) is 8.48. The first kappa shape index (κ1) is 21.9. The Labute approximate surface area is 170 Å². The highest BCUT2D eigenvalue weighted by atomic mass is 35.5. The SMILES string of the molecule is CN(c1cccc(Cl)c1)S(=O)(=O)c1cccc(C(=O)OCC(=O)C(C)(C)C)c1. The van der Waals surface area contributed by atoms with E-state index in [4.69, 9.17) is 16.3 Å². The molecule has 0 radical (unpaired) electrons. The van der Waals surface area contributed by atoms with Crippen LogP contribution in [0.2, 0.25) is 5.02 Å². The van der Waals surface area contributed by atoms with Gasteiger partial charge >= 0.3 is 5.97 Å². The summed E-state index contributed by atoms with van der Waals surface area (Å²) in [6.45, 7) is 4.80. The van der Waals surface area contributed by atoms with Gasteiger partial charge in [0.1, 0.15) is 0 Å². The Kier molecular flexibility index (Phi) is 6.52. The molecular weight excluding hydrogens is 402 g/mol. The topological polar surface area (TPSA) is 80.8 Å². The zero-order chi connectivity index (χ0) is 21.1. The number of carbonyl (C=O) groups is 2. The number of sulfonamides is 1. The van der Waals surface area contributed by atoms with E-state index in [9.17, 15) is 18.0 Å². The number of halogens is 1. The smallest absolute Gasteiger partial charge is 0.338 e. The normalized spacial score (nSPS) is 11.8. The van der Waals surface area contributed by atoms with E-state index in [1.165, 1.54) is 37.4 Å². The molecule has 6 nitrogen and oxygen atoms in total. The molecule has 0 bridgehead atoms. The molecule has 0 saturated heterocycles. The summed E-state index contributed by atoms with van der Waals surface area (Å²) >= 11 is 5.93. The van der Waals surface area contributed by atoms with Crippen LogP contribution in [0.25, 0.3) is 0 Å². The van der Waals surface area contributed by atoms with Crippen molar-refractivity contribution in [3.8, 4) is 0 Å². The minimum atomic E-state index is -3.92. The van der Waals surface area contributed by atoms with Gasteiger partial charge in [-0.3, -0.25) is 9.10 Å². The zero-order valence-corrected chi connectivity index (χ0v) is 17.7. The number of esters is 1. The summed E-state index contributed by atoms with van der Waals surface area (Å²) in [5.74, 6) is -0.995. The van der Waals surface area contributed by atoms with Gasteiger partial charge < -0.3 is 4.74 Å². The highest BCUT2D eigenvalue weighted by molar-refractivity contribution is 7.92. The summed E-state index contributed by atoms with van der Waals surface area (Å²) in [6, 6.07) is 11.9. The monoisotopic (exact) mass is 423 g/mol. The van der Waals surface area contributed by atoms with Crippen LogP contribution in [-0.4, -0.2) is 33.8 Å². The number of ketones is 1. The minimum absolute atomic E-state index is 0.0438. The van der Waals surface area contributed by atoms with Crippen molar-refractivity contribution in [2.75, 3.05) is 18.0 Å². The van der Waals surface area contributed by atoms with Crippen molar-refractivity contribution in [1.29, 1.82) is 0 Å². The summed E-state index contributed by atoms with van der Waals surface area (Å²) in [5, 5.41) is 0.403. The van der Waals surface area contributed by atoms with E-state index in [0.717, 1.165) is 4.31 Å². The van der Waals surface area contributed by atoms with Crippen LogP contribution in [0.4, 0.5) is 5.69 Å². The highest BCUT2D eigenvalue weighted by Gasteiger charge is 2.25. The minimum Gasteiger partial charge on any atom is -0.454 e. The molecule has 0 fully saturated rings. The number of rotatable bonds is 6. The number of carbonyl (C=O) groups excluding carboxylic acids is 2. The second kappa shape index (κ2) is 8.32. The fourth-order valence-electron chi connectivity index (χ4n) is 2.18. The van der Waals surface area contributed by atoms with Crippen molar-refractivity contribution < 1.29 is 22.7 Å². The van der Waals surface area contributed by atoms with E-state index >= 15 is 0 Å². The Bertz CT molecular complexity index is 996. The van der Waals surface area contributed by atoms with Gasteiger partial charge in [0.25, 0.3) is 10.0 Å². The summed E-state index contributed by atoms with van der Waals surface area (Å²) in [6.07, 6.45) is 0. The molecular formula is C20H22ClNO5S. The van der Waals surface area contributed by atoms with Crippen LogP contribution in [0.1, 0.15) is 31.1 Å². The first-order chi connectivity index (χ1) is 12.9. The van der Waals surface area contributed by atoms with Gasteiger partial charge in [0, 0.05) is 17.5 Å². The number of benzene rings is 2. The van der Waals surface area contributed by atoms with Crippen LogP contribution in [0.5, 0.6) is 0 Å². The molecule has 2 aromatic rings. The Morgan fingerprint density at radius 1 is 1.07 bits per heavy atom. The van der Waals surface area contributed by atoms with E-state index in [0.29, 0.717) is 10.7 Å². The van der Waals surface area contributed by atoms with Gasteiger partial charge in [0.2, 0.25) is 0 Å². The molecule has 0 aromatic heterocycles. The largest absolute Gasteiger partial charge is 0.454 e. The number of Topliss-reactive ketones (excluding diaryl/α,β-unsaturated/α-hetero) is 1. The van der Waals surface area contributed by atoms with Crippen molar-refractivity contribution in [2.45, 2.75) is 25.7 Å². The molecule has 0 aliphatic heterocycles. The number of hydrogen-bond acceptors (Lipinski definition) is 5. The van der Waals surface area contributed by atoms with E-state index in [-0.39, 0.29) is 22.8 Å². The van der Waals surface area contributed by atoms with Crippen LogP contribution >= 0.6 is 11.6 Å². The van der Waals surface area contributed by atoms with Crippen molar-refractivity contribution >= 4 is 39.1 Å². The second-order valence-electron chi connectivity index (χ2n) is 7.23. The summed E-state index contributed by atoms with van der Waals surface area (Å²) < 4.78 is 31.9. The van der Waals surface area contributed by atoms with Gasteiger partial charge in [0.15, 0.2) is 12.4 Å². The molecule has 28 heavy (non-hydrogen) atoms. The summed E-state index contributed by atoms with van der Waals surface area (Å²) in [7, 11) is -2.52. The predicted octanol–water partition coefficient (Wildman–Crippen LogP) is 3.94. The number of hydrogen-bond donors (Lipinski definition) is 0. The average Bonchev–Trinajstić information content (AvgIpc) is 2.64. The Balaban J connectivity index is 2.24. The average molecular weight is 424 g/mol. The third-order valence-electron chi connectivity index (χ3n) is 4.07. The Morgan fingerprint density at radius 3 is 2.32 bits per heavy atom. The van der Waals surface area contributed by atoms with Crippen LogP contribution in [-0.2, 0) is 19.6 Å². The molecule has 0 heterocycles. The van der Waals surface area contributed by atoms with Crippen molar-refractivity contribution in [3.05, 3.63) is 59.1 Å². The fraction of sp³-hybridized carbons (Fsp3) is 0.300. The molecule has 2 aromatic carbocycles. The van der Waals surface area contributed by atoms with Crippen LogP contribution in [0, 0.1) is 5.41 Å². The molecule has 0 aliphatic rings. The molecule has 150 valence electrons. The van der Waals surface area contributed by atoms with E-state index in [1.54, 1.807) is 39.0 Å². The lowest BCUT2D eigenvalue weighted by molar-refractivity contribution is -0.129. The standard InChI is InChI=1S/C20H22ClNO5S/c1-20(2,3)18(23)13-27-19(24)14-7-5-10-17(11-14)28(25,26)22(4)16-9-6-8-15(21)12-16/h5-12H,13H2,1-4H3. The van der Waals surface area contributed by atoms with Crippen LogP contribution in [0.15, 0.2) is 53.4 Å². The maximum absolute atomic E-state index is 12.9. The Hall–Kier alpha value is -2.38. The molecule has 0 N–H and O–H groups in total. The predicted molar refractivity (Wildman–Crippen MR) is 108 cm³/mol. The number of anilines is 1. The fourth-order valence-corrected chi connectivity index (χ4v) is 3.60. The molecule has 0 aliphatic carbocycles. The molecule has 0 unspecified atom stereocenters. The van der Waals surface area contributed by atoms with E-state index in [1.807, 2.05) is 0 Å². The van der Waals surface area contributed by atoms with Crippen molar-refractivity contribution in [2.24, 2.45) is 5.41 Å². The zero-order valence-electron chi connectivity index (χ0n) is 16.1. The lowest BCUT2D eigenvalue weighted by atomic mass is 9.91. The van der Waals surface area contributed by atoms with Gasteiger partial charge in [-0.1, -0.05) is 44.5 Å². The van der Waals surface area contributed by atoms with E-state index < -0.39 is 21.4 Å². The Morgan fingerprint density at radius 2 is 1.71 bits per heavy atom. The van der Waals surface area contributed by atoms with E-state index in [2.05, 4.69) is 0 Å². The maximum Gasteiger partial charge on any atom is 0.338 e. The molecule has 0 spiro atoms. The summed E-state index contributed by atoms with van der Waals surface area (Å²) in [4.78, 5) is 24.1. The van der Waals surface area contributed by atoms with Gasteiger partial charge in [0.05, 0.1) is 16.1 Å². The van der Waals surface area contributed by atoms with Crippen LogP contribution in [0.3, 0.4) is 0 Å². The van der Waals surface area contributed by atoms with Crippen molar-refractivity contribution in [1.82, 2.24) is 0 Å². The van der Waals surface area contributed by atoms with Crippen molar-refractivity contribution in [3.63, 3.8) is 0 Å². The van der Waals surface area contributed by atoms with Crippen LogP contribution < -0.4 is 4.31 Å². The molecule has 8 heteroatoms. The molecule has 0 saturated carbocycles. The quantitative estimate of drug-likeness (QED) is 0.657. The molecule has 0 amide bonds. The molecule has 0 atom stereocenters. The van der Waals surface area contributed by atoms with Gasteiger partial charge in [-0.2, -0.15) is 0 Å². The van der Waals surface area contributed by atoms with Gasteiger partial charge in [-0.15, -0.1) is 0 Å². The molecule has 2 rings (SSSR count). The third kappa shape index (κ3) is 5.11.